The monoisotopic (exact) mass is 339 g/mol. The summed E-state index contributed by atoms with van der Waals surface area (Å²) in [7, 11) is 0. The van der Waals surface area contributed by atoms with Crippen molar-refractivity contribution in [3.05, 3.63) is 47.0 Å². The number of fused-ring (bicyclic) bond motifs is 2. The van der Waals surface area contributed by atoms with Gasteiger partial charge in [-0.15, -0.1) is 10.2 Å². The van der Waals surface area contributed by atoms with Crippen molar-refractivity contribution in [2.75, 3.05) is 0 Å². The zero-order valence-corrected chi connectivity index (χ0v) is 14.5. The molecule has 2 aliphatic rings. The number of urea groups is 1. The SMILES string of the molecule is O=C(NCc1nnc2n1CCCCC2)NC1CCc2ccccc2C1. The maximum absolute atomic E-state index is 12.3. The van der Waals surface area contributed by atoms with E-state index >= 15 is 0 Å². The van der Waals surface area contributed by atoms with Crippen LogP contribution >= 0.6 is 0 Å². The van der Waals surface area contributed by atoms with Crippen LogP contribution in [-0.2, 0) is 32.4 Å². The fourth-order valence-electron chi connectivity index (χ4n) is 3.89. The molecule has 0 radical (unpaired) electrons. The van der Waals surface area contributed by atoms with Crippen LogP contribution < -0.4 is 10.6 Å². The molecular formula is C19H25N5O. The van der Waals surface area contributed by atoms with Crippen LogP contribution in [0.2, 0.25) is 0 Å². The highest BCUT2D eigenvalue weighted by Crippen LogP contribution is 2.21. The van der Waals surface area contributed by atoms with Gasteiger partial charge in [0.25, 0.3) is 0 Å². The summed E-state index contributed by atoms with van der Waals surface area (Å²) >= 11 is 0. The molecule has 132 valence electrons. The maximum Gasteiger partial charge on any atom is 0.315 e. The summed E-state index contributed by atoms with van der Waals surface area (Å²) in [5.74, 6) is 1.92. The third-order valence-electron chi connectivity index (χ3n) is 5.28. The van der Waals surface area contributed by atoms with E-state index in [-0.39, 0.29) is 12.1 Å². The number of nitrogens with zero attached hydrogens (tertiary/aromatic N) is 3. The van der Waals surface area contributed by atoms with E-state index in [1.807, 2.05) is 0 Å². The van der Waals surface area contributed by atoms with Gasteiger partial charge in [-0.3, -0.25) is 0 Å². The Bertz CT molecular complexity index is 754. The largest absolute Gasteiger partial charge is 0.335 e. The highest BCUT2D eigenvalue weighted by molar-refractivity contribution is 5.74. The quantitative estimate of drug-likeness (QED) is 0.902. The van der Waals surface area contributed by atoms with E-state index in [1.165, 1.54) is 24.0 Å². The number of benzene rings is 1. The number of carbonyl (C=O) groups excluding carboxylic acids is 1. The minimum absolute atomic E-state index is 0.115. The Morgan fingerprint density at radius 1 is 1.12 bits per heavy atom. The average Bonchev–Trinajstić information content (AvgIpc) is 2.86. The predicted molar refractivity (Wildman–Crippen MR) is 95.2 cm³/mol. The zero-order chi connectivity index (χ0) is 17.1. The van der Waals surface area contributed by atoms with Crippen LogP contribution in [0.3, 0.4) is 0 Å². The Morgan fingerprint density at radius 3 is 2.92 bits per heavy atom. The van der Waals surface area contributed by atoms with Crippen molar-refractivity contribution in [1.29, 1.82) is 0 Å². The normalized spacial score (nSPS) is 19.4. The van der Waals surface area contributed by atoms with Crippen LogP contribution in [0.15, 0.2) is 24.3 Å². The topological polar surface area (TPSA) is 71.8 Å². The maximum atomic E-state index is 12.3. The molecule has 0 saturated heterocycles. The summed E-state index contributed by atoms with van der Waals surface area (Å²) in [6.07, 6.45) is 7.48. The van der Waals surface area contributed by atoms with Crippen molar-refractivity contribution in [3.8, 4) is 0 Å². The van der Waals surface area contributed by atoms with Crippen LogP contribution in [0.5, 0.6) is 0 Å². The molecule has 2 amide bonds. The molecule has 0 spiro atoms. The summed E-state index contributed by atoms with van der Waals surface area (Å²) in [4.78, 5) is 12.3. The molecule has 6 heteroatoms. The van der Waals surface area contributed by atoms with Gasteiger partial charge < -0.3 is 15.2 Å². The van der Waals surface area contributed by atoms with Crippen molar-refractivity contribution in [3.63, 3.8) is 0 Å². The number of hydrogen-bond acceptors (Lipinski definition) is 3. The Morgan fingerprint density at radius 2 is 2.00 bits per heavy atom. The highest BCUT2D eigenvalue weighted by atomic mass is 16.2. The van der Waals surface area contributed by atoms with Gasteiger partial charge in [-0.2, -0.15) is 0 Å². The Kier molecular flexibility index (Phi) is 4.68. The minimum atomic E-state index is -0.115. The molecule has 4 rings (SSSR count). The van der Waals surface area contributed by atoms with Gasteiger partial charge in [0, 0.05) is 19.0 Å². The number of carbonyl (C=O) groups is 1. The van der Waals surface area contributed by atoms with Crippen LogP contribution in [0.1, 0.15) is 48.5 Å². The van der Waals surface area contributed by atoms with Gasteiger partial charge in [0.05, 0.1) is 6.54 Å². The molecule has 0 saturated carbocycles. The van der Waals surface area contributed by atoms with E-state index in [4.69, 9.17) is 0 Å². The molecular weight excluding hydrogens is 314 g/mol. The summed E-state index contributed by atoms with van der Waals surface area (Å²) in [5, 5.41) is 14.6. The van der Waals surface area contributed by atoms with Crippen molar-refractivity contribution in [2.24, 2.45) is 0 Å². The minimum Gasteiger partial charge on any atom is -0.335 e. The first-order valence-corrected chi connectivity index (χ1v) is 9.32. The average molecular weight is 339 g/mol. The van der Waals surface area contributed by atoms with Crippen LogP contribution in [0.25, 0.3) is 0 Å². The Labute approximate surface area is 148 Å². The van der Waals surface area contributed by atoms with Gasteiger partial charge in [0.1, 0.15) is 5.82 Å². The Hall–Kier alpha value is -2.37. The molecule has 2 aromatic rings. The van der Waals surface area contributed by atoms with E-state index in [9.17, 15) is 4.79 Å². The third-order valence-corrected chi connectivity index (χ3v) is 5.28. The molecule has 0 fully saturated rings. The molecule has 2 N–H and O–H groups in total. The van der Waals surface area contributed by atoms with E-state index < -0.39 is 0 Å². The number of aryl methyl sites for hydroxylation is 2. The number of amides is 2. The van der Waals surface area contributed by atoms with Gasteiger partial charge in [0.2, 0.25) is 0 Å². The number of hydrogen-bond donors (Lipinski definition) is 2. The predicted octanol–water partition coefficient (Wildman–Crippen LogP) is 2.36. The molecule has 0 bridgehead atoms. The number of rotatable bonds is 3. The van der Waals surface area contributed by atoms with Gasteiger partial charge in [0.15, 0.2) is 5.82 Å². The van der Waals surface area contributed by atoms with Gasteiger partial charge in [-0.1, -0.05) is 30.7 Å². The molecule has 1 aromatic heterocycles. The van der Waals surface area contributed by atoms with Gasteiger partial charge in [-0.05, 0) is 43.2 Å². The van der Waals surface area contributed by atoms with Crippen LogP contribution in [0.4, 0.5) is 4.79 Å². The fourth-order valence-corrected chi connectivity index (χ4v) is 3.89. The smallest absolute Gasteiger partial charge is 0.315 e. The van der Waals surface area contributed by atoms with E-state index in [0.29, 0.717) is 6.54 Å². The summed E-state index contributed by atoms with van der Waals surface area (Å²) in [6, 6.07) is 8.58. The van der Waals surface area contributed by atoms with E-state index in [1.54, 1.807) is 0 Å². The van der Waals surface area contributed by atoms with E-state index in [0.717, 1.165) is 50.3 Å². The van der Waals surface area contributed by atoms with Crippen molar-refractivity contribution in [1.82, 2.24) is 25.4 Å². The van der Waals surface area contributed by atoms with Crippen molar-refractivity contribution in [2.45, 2.75) is 64.1 Å². The first-order valence-electron chi connectivity index (χ1n) is 9.32. The summed E-state index contributed by atoms with van der Waals surface area (Å²) in [5.41, 5.74) is 2.76. The molecule has 25 heavy (non-hydrogen) atoms. The van der Waals surface area contributed by atoms with Gasteiger partial charge >= 0.3 is 6.03 Å². The molecule has 1 atom stereocenters. The van der Waals surface area contributed by atoms with E-state index in [2.05, 4.69) is 49.7 Å². The lowest BCUT2D eigenvalue weighted by Gasteiger charge is -2.25. The molecule has 1 aliphatic heterocycles. The lowest BCUT2D eigenvalue weighted by molar-refractivity contribution is 0.234. The molecule has 1 aromatic carbocycles. The van der Waals surface area contributed by atoms with Crippen molar-refractivity contribution < 1.29 is 4.79 Å². The Balaban J connectivity index is 1.31. The van der Waals surface area contributed by atoms with Crippen LogP contribution in [0, 0.1) is 0 Å². The lowest BCUT2D eigenvalue weighted by Crippen LogP contribution is -2.44. The molecule has 1 aliphatic carbocycles. The molecule has 2 heterocycles. The second-order valence-electron chi connectivity index (χ2n) is 7.03. The lowest BCUT2D eigenvalue weighted by atomic mass is 9.88. The summed E-state index contributed by atoms with van der Waals surface area (Å²) < 4.78 is 2.17. The highest BCUT2D eigenvalue weighted by Gasteiger charge is 2.20. The third kappa shape index (κ3) is 3.67. The molecule has 6 nitrogen and oxygen atoms in total. The first-order chi connectivity index (χ1) is 12.3. The molecule has 1 unspecified atom stereocenters. The summed E-state index contributed by atoms with van der Waals surface area (Å²) in [6.45, 7) is 1.39. The van der Waals surface area contributed by atoms with Crippen LogP contribution in [-0.4, -0.2) is 26.8 Å². The second kappa shape index (κ2) is 7.25. The number of aromatic nitrogens is 3. The van der Waals surface area contributed by atoms with Crippen molar-refractivity contribution >= 4 is 6.03 Å². The number of nitrogens with one attached hydrogen (secondary N) is 2. The fraction of sp³-hybridized carbons (Fsp3) is 0.526. The zero-order valence-electron chi connectivity index (χ0n) is 14.5. The first kappa shape index (κ1) is 16.1. The van der Waals surface area contributed by atoms with Gasteiger partial charge in [-0.25, -0.2) is 4.79 Å². The standard InChI is InChI=1S/C19H25N5O/c25-19(21-16-10-9-14-6-3-4-7-15(14)12-16)20-13-18-23-22-17-8-2-1-5-11-24(17)18/h3-4,6-7,16H,1-2,5,8-13H2,(H2,20,21,25). The second-order valence-corrected chi connectivity index (χ2v) is 7.03.